The van der Waals surface area contributed by atoms with E-state index in [1.165, 1.54) is 6.92 Å². The van der Waals surface area contributed by atoms with Crippen LogP contribution < -0.4 is 5.32 Å². The van der Waals surface area contributed by atoms with Gasteiger partial charge in [-0.1, -0.05) is 0 Å². The fraction of sp³-hybridized carbons (Fsp3) is 0.500. The summed E-state index contributed by atoms with van der Waals surface area (Å²) in [6, 6.07) is 3.59. The second kappa shape index (κ2) is 8.54. The van der Waals surface area contributed by atoms with Crippen molar-refractivity contribution >= 4 is 5.82 Å². The SMILES string of the molecule is Cc1cc(-c2c(C)cc(C(F)(F)F)cc2O)nnc1N[C@@H]1CCCN(CCO)C1. The van der Waals surface area contributed by atoms with Crippen LogP contribution in [0.4, 0.5) is 19.0 Å². The van der Waals surface area contributed by atoms with Gasteiger partial charge < -0.3 is 15.5 Å². The van der Waals surface area contributed by atoms with Crippen LogP contribution >= 0.6 is 0 Å². The number of anilines is 1. The number of benzene rings is 1. The van der Waals surface area contributed by atoms with Gasteiger partial charge in [0.15, 0.2) is 5.82 Å². The second-order valence-electron chi connectivity index (χ2n) is 7.45. The highest BCUT2D eigenvalue weighted by atomic mass is 19.4. The van der Waals surface area contributed by atoms with E-state index in [0.717, 1.165) is 37.6 Å². The molecule has 0 amide bonds. The average molecular weight is 410 g/mol. The summed E-state index contributed by atoms with van der Waals surface area (Å²) in [7, 11) is 0. The summed E-state index contributed by atoms with van der Waals surface area (Å²) in [5.41, 5.74) is 0.727. The van der Waals surface area contributed by atoms with Gasteiger partial charge in [-0.2, -0.15) is 13.2 Å². The number of aromatic nitrogens is 2. The van der Waals surface area contributed by atoms with Gasteiger partial charge in [0.25, 0.3) is 0 Å². The van der Waals surface area contributed by atoms with Gasteiger partial charge in [-0.15, -0.1) is 10.2 Å². The Balaban J connectivity index is 1.81. The summed E-state index contributed by atoms with van der Waals surface area (Å²) < 4.78 is 38.8. The molecule has 2 heterocycles. The Hall–Kier alpha value is -2.39. The average Bonchev–Trinajstić information content (AvgIpc) is 2.63. The summed E-state index contributed by atoms with van der Waals surface area (Å²) in [4.78, 5) is 2.18. The third kappa shape index (κ3) is 4.97. The fourth-order valence-electron chi connectivity index (χ4n) is 3.73. The first-order valence-corrected chi connectivity index (χ1v) is 9.54. The number of aromatic hydroxyl groups is 1. The molecule has 9 heteroatoms. The number of phenolic OH excluding ortho intramolecular Hbond substituents is 1. The van der Waals surface area contributed by atoms with Gasteiger partial charge in [0.1, 0.15) is 5.75 Å². The predicted molar refractivity (Wildman–Crippen MR) is 104 cm³/mol. The van der Waals surface area contributed by atoms with E-state index in [-0.39, 0.29) is 23.8 Å². The van der Waals surface area contributed by atoms with E-state index in [0.29, 0.717) is 24.1 Å². The van der Waals surface area contributed by atoms with E-state index >= 15 is 0 Å². The maximum atomic E-state index is 12.9. The lowest BCUT2D eigenvalue weighted by atomic mass is 9.99. The molecule has 158 valence electrons. The normalized spacial score (nSPS) is 18.1. The first kappa shape index (κ1) is 21.3. The van der Waals surface area contributed by atoms with E-state index < -0.39 is 17.5 Å². The van der Waals surface area contributed by atoms with E-state index in [9.17, 15) is 18.3 Å². The van der Waals surface area contributed by atoms with Crippen LogP contribution in [0.3, 0.4) is 0 Å². The first-order chi connectivity index (χ1) is 13.7. The van der Waals surface area contributed by atoms with Crippen molar-refractivity contribution in [2.75, 3.05) is 31.6 Å². The quantitative estimate of drug-likeness (QED) is 0.701. The molecule has 3 rings (SSSR count). The summed E-state index contributed by atoms with van der Waals surface area (Å²) in [5.74, 6) is 0.132. The Morgan fingerprint density at radius 1 is 1.17 bits per heavy atom. The van der Waals surface area contributed by atoms with Crippen LogP contribution in [-0.2, 0) is 6.18 Å². The zero-order chi connectivity index (χ0) is 21.2. The molecule has 0 radical (unpaired) electrons. The number of aliphatic hydroxyl groups is 1. The van der Waals surface area contributed by atoms with E-state index in [1.54, 1.807) is 6.07 Å². The predicted octanol–water partition coefficient (Wildman–Crippen LogP) is 3.35. The van der Waals surface area contributed by atoms with Gasteiger partial charge in [0.05, 0.1) is 17.9 Å². The van der Waals surface area contributed by atoms with E-state index in [4.69, 9.17) is 5.11 Å². The minimum Gasteiger partial charge on any atom is -0.507 e. The molecule has 1 aliphatic heterocycles. The molecular formula is C20H25F3N4O2. The van der Waals surface area contributed by atoms with Gasteiger partial charge in [-0.05, 0) is 62.6 Å². The van der Waals surface area contributed by atoms with Crippen LogP contribution in [0.25, 0.3) is 11.3 Å². The number of phenols is 1. The summed E-state index contributed by atoms with van der Waals surface area (Å²) >= 11 is 0. The number of aryl methyl sites for hydroxylation is 2. The Labute approximate surface area is 167 Å². The first-order valence-electron chi connectivity index (χ1n) is 9.54. The van der Waals surface area contributed by atoms with E-state index in [2.05, 4.69) is 20.4 Å². The minimum atomic E-state index is -4.53. The molecule has 6 nitrogen and oxygen atoms in total. The molecule has 29 heavy (non-hydrogen) atoms. The molecule has 1 saturated heterocycles. The van der Waals surface area contributed by atoms with Crippen LogP contribution in [0.5, 0.6) is 5.75 Å². The summed E-state index contributed by atoms with van der Waals surface area (Å²) in [5, 5.41) is 31.0. The number of rotatable bonds is 5. The molecule has 1 aliphatic rings. The van der Waals surface area contributed by atoms with Gasteiger partial charge in [0, 0.05) is 24.7 Å². The fourth-order valence-corrected chi connectivity index (χ4v) is 3.73. The van der Waals surface area contributed by atoms with Crippen molar-refractivity contribution in [3.05, 3.63) is 34.9 Å². The Bertz CT molecular complexity index is 848. The smallest absolute Gasteiger partial charge is 0.416 e. The Kier molecular flexibility index (Phi) is 6.28. The molecule has 0 unspecified atom stereocenters. The number of β-amino-alcohol motifs (C(OH)–C–C–N with tert-alkyl or cyclic N) is 1. The standard InChI is InChI=1S/C20H25F3N4O2/c1-12-8-14(20(21,22)23)10-17(29)18(12)16-9-13(2)19(26-25-16)24-15-4-3-5-27(11-15)6-7-28/h8-10,15,28-29H,3-7,11H2,1-2H3,(H,24,26)/t15-/m1/s1. The number of hydrogen-bond acceptors (Lipinski definition) is 6. The summed E-state index contributed by atoms with van der Waals surface area (Å²) in [6.07, 6.45) is -2.54. The topological polar surface area (TPSA) is 81.5 Å². The van der Waals surface area contributed by atoms with Crippen molar-refractivity contribution in [3.8, 4) is 17.0 Å². The van der Waals surface area contributed by atoms with Crippen molar-refractivity contribution in [2.24, 2.45) is 0 Å². The van der Waals surface area contributed by atoms with Gasteiger partial charge in [-0.25, -0.2) is 0 Å². The number of nitrogens with one attached hydrogen (secondary N) is 1. The van der Waals surface area contributed by atoms with Gasteiger partial charge >= 0.3 is 6.18 Å². The minimum absolute atomic E-state index is 0.121. The Morgan fingerprint density at radius 3 is 2.55 bits per heavy atom. The lowest BCUT2D eigenvalue weighted by Gasteiger charge is -2.33. The van der Waals surface area contributed by atoms with Crippen LogP contribution in [0, 0.1) is 13.8 Å². The molecule has 1 aromatic heterocycles. The van der Waals surface area contributed by atoms with Crippen LogP contribution in [0.15, 0.2) is 18.2 Å². The molecule has 0 aliphatic carbocycles. The molecule has 1 aromatic carbocycles. The number of nitrogens with zero attached hydrogens (tertiary/aromatic N) is 3. The van der Waals surface area contributed by atoms with E-state index in [1.807, 2.05) is 6.92 Å². The molecule has 1 atom stereocenters. The molecular weight excluding hydrogens is 385 g/mol. The van der Waals surface area contributed by atoms with Crippen molar-refractivity contribution < 1.29 is 23.4 Å². The van der Waals surface area contributed by atoms with Gasteiger partial charge in [-0.3, -0.25) is 4.90 Å². The number of halogens is 3. The number of piperidine rings is 1. The maximum absolute atomic E-state index is 12.9. The van der Waals surface area contributed by atoms with Crippen molar-refractivity contribution in [2.45, 2.75) is 38.9 Å². The molecule has 3 N–H and O–H groups in total. The highest BCUT2D eigenvalue weighted by Crippen LogP contribution is 2.38. The molecule has 1 fully saturated rings. The van der Waals surface area contributed by atoms with Crippen LogP contribution in [-0.4, -0.2) is 57.6 Å². The Morgan fingerprint density at radius 2 is 1.93 bits per heavy atom. The number of alkyl halides is 3. The molecule has 0 bridgehead atoms. The molecule has 2 aromatic rings. The van der Waals surface area contributed by atoms with Crippen molar-refractivity contribution in [1.82, 2.24) is 15.1 Å². The number of hydrogen-bond donors (Lipinski definition) is 3. The third-order valence-corrected chi connectivity index (χ3v) is 5.15. The third-order valence-electron chi connectivity index (χ3n) is 5.15. The lowest BCUT2D eigenvalue weighted by molar-refractivity contribution is -0.137. The van der Waals surface area contributed by atoms with Crippen molar-refractivity contribution in [1.29, 1.82) is 0 Å². The highest BCUT2D eigenvalue weighted by Gasteiger charge is 2.32. The number of likely N-dealkylation sites (tertiary alicyclic amines) is 1. The summed E-state index contributed by atoms with van der Waals surface area (Å²) in [6.45, 7) is 5.85. The lowest BCUT2D eigenvalue weighted by Crippen LogP contribution is -2.43. The van der Waals surface area contributed by atoms with Gasteiger partial charge in [0.2, 0.25) is 0 Å². The monoisotopic (exact) mass is 410 g/mol. The maximum Gasteiger partial charge on any atom is 0.416 e. The van der Waals surface area contributed by atoms with Crippen LogP contribution in [0.1, 0.15) is 29.5 Å². The zero-order valence-corrected chi connectivity index (χ0v) is 16.4. The molecule has 0 spiro atoms. The molecule has 0 saturated carbocycles. The largest absolute Gasteiger partial charge is 0.507 e. The van der Waals surface area contributed by atoms with Crippen LogP contribution in [0.2, 0.25) is 0 Å². The van der Waals surface area contributed by atoms with Crippen molar-refractivity contribution in [3.63, 3.8) is 0 Å². The zero-order valence-electron chi connectivity index (χ0n) is 16.4. The number of aliphatic hydroxyl groups excluding tert-OH is 1. The highest BCUT2D eigenvalue weighted by molar-refractivity contribution is 5.72. The second-order valence-corrected chi connectivity index (χ2v) is 7.45.